The Morgan fingerprint density at radius 1 is 0.774 bits per heavy atom. The number of fused-ring (bicyclic) bond motifs is 1. The van der Waals surface area contributed by atoms with Crippen LogP contribution in [0.25, 0.3) is 10.8 Å². The second kappa shape index (κ2) is 13.1. The van der Waals surface area contributed by atoms with Crippen molar-refractivity contribution in [3.05, 3.63) is 64.7 Å². The number of unbranched alkanes of at least 4 members (excludes halogenated alkanes) is 9. The Morgan fingerprint density at radius 2 is 1.42 bits per heavy atom. The Labute approximate surface area is 198 Å². The lowest BCUT2D eigenvalue weighted by atomic mass is 10.0. The molecule has 0 aliphatic rings. The minimum absolute atomic E-state index is 0.647. The molecule has 168 valence electrons. The summed E-state index contributed by atoms with van der Waals surface area (Å²) in [5, 5.41) is 3.91. The highest BCUT2D eigenvalue weighted by Crippen LogP contribution is 2.22. The van der Waals surface area contributed by atoms with E-state index >= 15 is 0 Å². The Kier molecular flexibility index (Phi) is 10.2. The molecule has 0 spiro atoms. The predicted octanol–water partition coefficient (Wildman–Crippen LogP) is 8.40. The third-order valence-corrected chi connectivity index (χ3v) is 7.10. The van der Waals surface area contributed by atoms with Gasteiger partial charge in [0.25, 0.3) is 10.3 Å². The van der Waals surface area contributed by atoms with Crippen molar-refractivity contribution in [2.45, 2.75) is 90.6 Å². The lowest BCUT2D eigenvalue weighted by Gasteiger charge is -2.05. The third-order valence-electron chi connectivity index (χ3n) is 6.21. The van der Waals surface area contributed by atoms with Crippen LogP contribution in [-0.4, -0.2) is 4.57 Å². The van der Waals surface area contributed by atoms with E-state index in [0.29, 0.717) is 10.3 Å². The molecule has 0 atom stereocenters. The van der Waals surface area contributed by atoms with Crippen molar-refractivity contribution < 1.29 is 4.57 Å². The molecular weight excluding hydrogens is 423 g/mol. The van der Waals surface area contributed by atoms with E-state index in [2.05, 4.69) is 64.8 Å². The second-order valence-electron chi connectivity index (χ2n) is 8.65. The summed E-state index contributed by atoms with van der Waals surface area (Å²) in [7, 11) is 0. The summed E-state index contributed by atoms with van der Waals surface area (Å²) in [6, 6.07) is 15.1. The maximum absolute atomic E-state index is 6.54. The summed E-state index contributed by atoms with van der Waals surface area (Å²) in [5.41, 5.74) is 1.35. The number of aryl methyl sites for hydroxylation is 3. The predicted molar refractivity (Wildman–Crippen MR) is 134 cm³/mol. The Morgan fingerprint density at radius 3 is 2.16 bits per heavy atom. The van der Waals surface area contributed by atoms with Gasteiger partial charge in [0.2, 0.25) is 6.33 Å². The fourth-order valence-corrected chi connectivity index (χ4v) is 4.81. The van der Waals surface area contributed by atoms with E-state index in [1.807, 2.05) is 0 Å². The van der Waals surface area contributed by atoms with E-state index < -0.39 is 0 Å². The number of rotatable bonds is 14. The second-order valence-corrected chi connectivity index (χ2v) is 9.37. The first kappa shape index (κ1) is 24.1. The summed E-state index contributed by atoms with van der Waals surface area (Å²) < 4.78 is 4.19. The average Bonchev–Trinajstić information content (AvgIpc) is 3.07. The first-order chi connectivity index (χ1) is 15.2. The standard InChI is InChI=1S/C27H37Cl2N2/c1-2-3-4-5-6-7-8-9-10-13-20-30-22-31(27(29)26(30)28)21-19-24-17-14-16-23-15-11-12-18-25(23)24/h11-12,14-18,22H,2-10,13,19-21H2,1H3/q+1. The van der Waals surface area contributed by atoms with E-state index in [0.717, 1.165) is 25.9 Å². The fraction of sp³-hybridized carbons (Fsp3) is 0.519. The molecule has 2 nitrogen and oxygen atoms in total. The molecule has 2 aromatic carbocycles. The molecule has 0 amide bonds. The molecule has 0 aliphatic heterocycles. The van der Waals surface area contributed by atoms with E-state index in [9.17, 15) is 0 Å². The number of hydrogen-bond acceptors (Lipinski definition) is 0. The first-order valence-corrected chi connectivity index (χ1v) is 12.9. The zero-order valence-electron chi connectivity index (χ0n) is 19.0. The SMILES string of the molecule is CCCCCCCCCCCC[n+]1cn(CCc2cccc3ccccc23)c(Cl)c1Cl. The molecule has 0 saturated heterocycles. The number of hydrogen-bond donors (Lipinski definition) is 0. The van der Waals surface area contributed by atoms with Crippen LogP contribution in [0.4, 0.5) is 0 Å². The zero-order valence-corrected chi connectivity index (χ0v) is 20.5. The molecular formula is C27H37Cl2N2+. The van der Waals surface area contributed by atoms with Crippen molar-refractivity contribution in [2.24, 2.45) is 0 Å². The van der Waals surface area contributed by atoms with Gasteiger partial charge in [-0.15, -0.1) is 0 Å². The van der Waals surface area contributed by atoms with Gasteiger partial charge in [-0.2, -0.15) is 0 Å². The van der Waals surface area contributed by atoms with E-state index in [4.69, 9.17) is 23.2 Å². The molecule has 0 unspecified atom stereocenters. The third kappa shape index (κ3) is 7.26. The number of nitrogens with zero attached hydrogens (tertiary/aromatic N) is 2. The Bertz CT molecular complexity index is 927. The van der Waals surface area contributed by atoms with Gasteiger partial charge in [-0.05, 0) is 52.4 Å². The van der Waals surface area contributed by atoms with Gasteiger partial charge in [-0.1, -0.05) is 101 Å². The molecule has 3 rings (SSSR count). The molecule has 0 radical (unpaired) electrons. The lowest BCUT2D eigenvalue weighted by Crippen LogP contribution is -2.32. The van der Waals surface area contributed by atoms with Crippen LogP contribution in [0.3, 0.4) is 0 Å². The number of halogens is 2. The van der Waals surface area contributed by atoms with Crippen LogP contribution >= 0.6 is 23.2 Å². The van der Waals surface area contributed by atoms with Gasteiger partial charge in [0.1, 0.15) is 0 Å². The van der Waals surface area contributed by atoms with Crippen LogP contribution in [0.15, 0.2) is 48.8 Å². The highest BCUT2D eigenvalue weighted by atomic mass is 35.5. The normalized spacial score (nSPS) is 11.5. The molecule has 0 saturated carbocycles. The molecule has 0 aliphatic carbocycles. The molecule has 4 heteroatoms. The summed E-state index contributed by atoms with van der Waals surface area (Å²) in [4.78, 5) is 0. The zero-order chi connectivity index (χ0) is 21.9. The smallest absolute Gasteiger partial charge is 0.219 e. The first-order valence-electron chi connectivity index (χ1n) is 12.1. The molecule has 0 bridgehead atoms. The summed E-state index contributed by atoms with van der Waals surface area (Å²) in [6.07, 6.45) is 16.4. The van der Waals surface area contributed by atoms with Crippen molar-refractivity contribution >= 4 is 34.0 Å². The summed E-state index contributed by atoms with van der Waals surface area (Å²) in [5.74, 6) is 0. The number of imidazole rings is 1. The van der Waals surface area contributed by atoms with Crippen LogP contribution in [0, 0.1) is 0 Å². The quantitative estimate of drug-likeness (QED) is 0.169. The van der Waals surface area contributed by atoms with E-state index in [-0.39, 0.29) is 0 Å². The van der Waals surface area contributed by atoms with E-state index in [1.54, 1.807) is 0 Å². The van der Waals surface area contributed by atoms with Crippen molar-refractivity contribution in [3.8, 4) is 0 Å². The van der Waals surface area contributed by atoms with Gasteiger partial charge < -0.3 is 0 Å². The van der Waals surface area contributed by atoms with Gasteiger partial charge in [0, 0.05) is 6.42 Å². The number of aromatic nitrogens is 2. The molecule has 31 heavy (non-hydrogen) atoms. The van der Waals surface area contributed by atoms with Crippen LogP contribution in [0.2, 0.25) is 10.3 Å². The van der Waals surface area contributed by atoms with Gasteiger partial charge in [-0.25, -0.2) is 9.13 Å². The molecule has 0 N–H and O–H groups in total. The fourth-order valence-electron chi connectivity index (χ4n) is 4.34. The lowest BCUT2D eigenvalue weighted by molar-refractivity contribution is -0.694. The van der Waals surface area contributed by atoms with Gasteiger partial charge in [-0.3, -0.25) is 0 Å². The van der Waals surface area contributed by atoms with Crippen molar-refractivity contribution in [1.29, 1.82) is 0 Å². The van der Waals surface area contributed by atoms with E-state index in [1.165, 1.54) is 74.1 Å². The minimum atomic E-state index is 0.647. The van der Waals surface area contributed by atoms with Crippen LogP contribution in [-0.2, 0) is 19.5 Å². The number of benzene rings is 2. The topological polar surface area (TPSA) is 8.81 Å². The maximum Gasteiger partial charge on any atom is 0.255 e. The largest absolute Gasteiger partial charge is 0.255 e. The maximum atomic E-state index is 6.54. The van der Waals surface area contributed by atoms with Crippen LogP contribution < -0.4 is 4.57 Å². The molecule has 1 heterocycles. The van der Waals surface area contributed by atoms with Gasteiger partial charge in [0.15, 0.2) is 0 Å². The molecule has 1 aromatic heterocycles. The monoisotopic (exact) mass is 459 g/mol. The summed E-state index contributed by atoms with van der Waals surface area (Å²) >= 11 is 13.1. The van der Waals surface area contributed by atoms with Crippen molar-refractivity contribution in [3.63, 3.8) is 0 Å². The van der Waals surface area contributed by atoms with Crippen molar-refractivity contribution in [1.82, 2.24) is 4.57 Å². The minimum Gasteiger partial charge on any atom is -0.219 e. The van der Waals surface area contributed by atoms with Crippen LogP contribution in [0.5, 0.6) is 0 Å². The molecule has 3 aromatic rings. The average molecular weight is 461 g/mol. The highest BCUT2D eigenvalue weighted by molar-refractivity contribution is 6.39. The Hall–Kier alpha value is -1.51. The van der Waals surface area contributed by atoms with Crippen LogP contribution in [0.1, 0.15) is 76.7 Å². The summed E-state index contributed by atoms with van der Waals surface area (Å²) in [6.45, 7) is 4.05. The van der Waals surface area contributed by atoms with Gasteiger partial charge >= 0.3 is 0 Å². The molecule has 0 fully saturated rings. The van der Waals surface area contributed by atoms with Crippen molar-refractivity contribution in [2.75, 3.05) is 0 Å². The Balaban J connectivity index is 1.42. The highest BCUT2D eigenvalue weighted by Gasteiger charge is 2.19. The van der Waals surface area contributed by atoms with Gasteiger partial charge in [0.05, 0.1) is 13.1 Å².